The van der Waals surface area contributed by atoms with E-state index in [1.54, 1.807) is 0 Å². The summed E-state index contributed by atoms with van der Waals surface area (Å²) in [6, 6.07) is 6.25. The van der Waals surface area contributed by atoms with Crippen LogP contribution in [0.25, 0.3) is 0 Å². The van der Waals surface area contributed by atoms with Crippen LogP contribution in [0.15, 0.2) is 30.9 Å². The summed E-state index contributed by atoms with van der Waals surface area (Å²) >= 11 is 0. The Hall–Kier alpha value is -1.64. The average Bonchev–Trinajstić information content (AvgIpc) is 2.94. The third-order valence-corrected chi connectivity index (χ3v) is 7.07. The number of carbonyl (C=O) groups is 1. The van der Waals surface area contributed by atoms with Gasteiger partial charge in [-0.1, -0.05) is 19.1 Å². The number of hydrogen-bond donors (Lipinski definition) is 0. The maximum Gasteiger partial charge on any atom is 0.152 e. The zero-order chi connectivity index (χ0) is 17.6. The molecule has 1 aromatic carbocycles. The molecule has 1 aromatic rings. The van der Waals surface area contributed by atoms with Crippen molar-refractivity contribution in [1.82, 2.24) is 0 Å². The van der Waals surface area contributed by atoms with Crippen molar-refractivity contribution in [2.45, 2.75) is 57.5 Å². The van der Waals surface area contributed by atoms with Gasteiger partial charge in [-0.3, -0.25) is 4.79 Å². The number of hydrogen-bond acceptors (Lipinski definition) is 2. The first-order valence-electron chi connectivity index (χ1n) is 9.58. The number of carbonyl (C=O) groups excluding carboxylic acids is 1. The molecular weight excluding hydrogens is 315 g/mol. The lowest BCUT2D eigenvalue weighted by Crippen LogP contribution is -2.42. The number of alkyl halides is 1. The van der Waals surface area contributed by atoms with E-state index in [9.17, 15) is 9.18 Å². The van der Waals surface area contributed by atoms with Crippen LogP contribution < -0.4 is 4.74 Å². The van der Waals surface area contributed by atoms with Crippen LogP contribution in [0.1, 0.15) is 56.1 Å². The van der Waals surface area contributed by atoms with Gasteiger partial charge in [0, 0.05) is 11.8 Å². The number of halogens is 1. The summed E-state index contributed by atoms with van der Waals surface area (Å²) in [4.78, 5) is 12.4. The van der Waals surface area contributed by atoms with Crippen LogP contribution in [0, 0.1) is 17.3 Å². The van der Waals surface area contributed by atoms with E-state index in [0.29, 0.717) is 23.5 Å². The van der Waals surface area contributed by atoms with E-state index >= 15 is 0 Å². The molecule has 2 nitrogen and oxygen atoms in total. The number of ketones is 1. The van der Waals surface area contributed by atoms with Crippen molar-refractivity contribution in [1.29, 1.82) is 0 Å². The van der Waals surface area contributed by atoms with Gasteiger partial charge >= 0.3 is 0 Å². The van der Waals surface area contributed by atoms with E-state index in [-0.39, 0.29) is 12.0 Å². The van der Waals surface area contributed by atoms with Gasteiger partial charge in [0.05, 0.1) is 0 Å². The second kappa shape index (κ2) is 6.26. The van der Waals surface area contributed by atoms with Crippen LogP contribution in [0.4, 0.5) is 4.39 Å². The number of ether oxygens (including phenoxy) is 1. The summed E-state index contributed by atoms with van der Waals surface area (Å²) in [5, 5.41) is 0. The minimum atomic E-state index is -1.13. The number of benzene rings is 1. The molecule has 4 rings (SSSR count). The summed E-state index contributed by atoms with van der Waals surface area (Å²) in [5.41, 5.74) is 2.72. The van der Waals surface area contributed by atoms with Crippen LogP contribution in [-0.4, -0.2) is 18.6 Å². The normalized spacial score (nSPS) is 34.6. The zero-order valence-electron chi connectivity index (χ0n) is 15.0. The van der Waals surface area contributed by atoms with Gasteiger partial charge in [0.1, 0.15) is 18.1 Å². The van der Waals surface area contributed by atoms with Gasteiger partial charge in [0.2, 0.25) is 0 Å². The van der Waals surface area contributed by atoms with Crippen molar-refractivity contribution >= 4 is 5.78 Å². The highest BCUT2D eigenvalue weighted by Gasteiger charge is 2.54. The summed E-state index contributed by atoms with van der Waals surface area (Å²) < 4.78 is 18.9. The predicted octanol–water partition coefficient (Wildman–Crippen LogP) is 5.01. The maximum absolute atomic E-state index is 13.3. The van der Waals surface area contributed by atoms with Crippen molar-refractivity contribution < 1.29 is 13.9 Å². The topological polar surface area (TPSA) is 26.3 Å². The highest BCUT2D eigenvalue weighted by atomic mass is 19.1. The van der Waals surface area contributed by atoms with Crippen LogP contribution in [0.3, 0.4) is 0 Å². The molecule has 0 saturated heterocycles. The van der Waals surface area contributed by atoms with Gasteiger partial charge in [0.25, 0.3) is 0 Å². The van der Waals surface area contributed by atoms with Gasteiger partial charge in [-0.2, -0.15) is 0 Å². The van der Waals surface area contributed by atoms with E-state index in [1.807, 2.05) is 6.07 Å². The summed E-state index contributed by atoms with van der Waals surface area (Å²) in [6.45, 7) is 5.68. The van der Waals surface area contributed by atoms with Crippen molar-refractivity contribution in [3.8, 4) is 5.75 Å². The molecule has 25 heavy (non-hydrogen) atoms. The largest absolute Gasteiger partial charge is 0.490 e. The van der Waals surface area contributed by atoms with Crippen molar-refractivity contribution in [3.05, 3.63) is 42.0 Å². The van der Waals surface area contributed by atoms with Gasteiger partial charge in [0.15, 0.2) is 6.17 Å². The fraction of sp³-hybridized carbons (Fsp3) is 0.591. The maximum atomic E-state index is 13.3. The molecule has 5 atom stereocenters. The smallest absolute Gasteiger partial charge is 0.152 e. The Kier molecular flexibility index (Phi) is 4.21. The van der Waals surface area contributed by atoms with Crippen LogP contribution in [-0.2, 0) is 11.2 Å². The summed E-state index contributed by atoms with van der Waals surface area (Å²) in [7, 11) is 0. The Labute approximate surface area is 149 Å². The van der Waals surface area contributed by atoms with Crippen LogP contribution >= 0.6 is 0 Å². The quantitative estimate of drug-likeness (QED) is 0.719. The third kappa shape index (κ3) is 2.72. The Morgan fingerprint density at radius 2 is 2.20 bits per heavy atom. The first-order valence-corrected chi connectivity index (χ1v) is 9.58. The molecular formula is C22H27FO2. The van der Waals surface area contributed by atoms with Gasteiger partial charge in [-0.25, -0.2) is 4.39 Å². The minimum Gasteiger partial charge on any atom is -0.490 e. The molecule has 0 bridgehead atoms. The standard InChI is InChI=1S/C22H27FO2/c1-3-15(23)13-25-16-5-7-17-14(12-16)4-6-19-18(17)10-11-22(2)20(19)8-9-21(22)24/h3,5,7,12,15,18-20H,1,4,6,8-11,13H2,2H3/t15-,18+,19+,20-,22-/m0/s1. The van der Waals surface area contributed by atoms with Gasteiger partial charge in [-0.05, 0) is 73.1 Å². The van der Waals surface area contributed by atoms with Crippen LogP contribution in [0.2, 0.25) is 0 Å². The van der Waals surface area contributed by atoms with Gasteiger partial charge < -0.3 is 4.74 Å². The average molecular weight is 342 g/mol. The SMILES string of the molecule is C=C[C@H](F)COc1ccc2c(c1)CC[C@@H]1[C@@H]2CC[C@]2(C)C(=O)CC[C@@H]12. The third-order valence-electron chi connectivity index (χ3n) is 7.07. The highest BCUT2D eigenvalue weighted by molar-refractivity contribution is 5.87. The summed E-state index contributed by atoms with van der Waals surface area (Å²) in [5.74, 6) is 3.01. The van der Waals surface area contributed by atoms with E-state index in [1.165, 1.54) is 17.2 Å². The first kappa shape index (κ1) is 16.8. The lowest BCUT2D eigenvalue weighted by Gasteiger charge is -2.48. The fourth-order valence-electron chi connectivity index (χ4n) is 5.66. The highest BCUT2D eigenvalue weighted by Crippen LogP contribution is 2.59. The molecule has 3 aliphatic rings. The molecule has 0 N–H and O–H groups in total. The van der Waals surface area contributed by atoms with Gasteiger partial charge in [-0.15, -0.1) is 6.58 Å². The minimum absolute atomic E-state index is 0.0247. The van der Waals surface area contributed by atoms with Crippen molar-refractivity contribution in [2.24, 2.45) is 17.3 Å². The van der Waals surface area contributed by atoms with E-state index in [2.05, 4.69) is 25.6 Å². The second-order valence-corrected chi connectivity index (χ2v) is 8.26. The first-order chi connectivity index (χ1) is 12.0. The number of fused-ring (bicyclic) bond motifs is 5. The number of aryl methyl sites for hydroxylation is 1. The molecule has 3 heteroatoms. The van der Waals surface area contributed by atoms with E-state index < -0.39 is 6.17 Å². The number of rotatable bonds is 4. The Bertz CT molecular complexity index is 697. The van der Waals surface area contributed by atoms with E-state index in [4.69, 9.17) is 4.74 Å². The van der Waals surface area contributed by atoms with E-state index in [0.717, 1.165) is 44.3 Å². The lowest BCUT2D eigenvalue weighted by atomic mass is 9.55. The molecule has 0 aliphatic heterocycles. The van der Waals surface area contributed by atoms with Crippen LogP contribution in [0.5, 0.6) is 5.75 Å². The second-order valence-electron chi connectivity index (χ2n) is 8.26. The lowest BCUT2D eigenvalue weighted by molar-refractivity contribution is -0.129. The molecule has 0 unspecified atom stereocenters. The molecule has 0 amide bonds. The molecule has 2 fully saturated rings. The number of Topliss-reactive ketones (excluding diaryl/α,β-unsaturated/α-hetero) is 1. The summed E-state index contributed by atoms with van der Waals surface area (Å²) in [6.07, 6.45) is 6.32. The Balaban J connectivity index is 1.55. The molecule has 0 aromatic heterocycles. The molecule has 134 valence electrons. The molecule has 0 radical (unpaired) electrons. The molecule has 0 spiro atoms. The Morgan fingerprint density at radius 3 is 3.00 bits per heavy atom. The Morgan fingerprint density at radius 1 is 1.36 bits per heavy atom. The molecule has 0 heterocycles. The predicted molar refractivity (Wildman–Crippen MR) is 96.7 cm³/mol. The zero-order valence-corrected chi connectivity index (χ0v) is 15.0. The fourth-order valence-corrected chi connectivity index (χ4v) is 5.66. The van der Waals surface area contributed by atoms with Crippen molar-refractivity contribution in [3.63, 3.8) is 0 Å². The van der Waals surface area contributed by atoms with Crippen molar-refractivity contribution in [2.75, 3.05) is 6.61 Å². The molecule has 2 saturated carbocycles. The molecule has 3 aliphatic carbocycles. The monoisotopic (exact) mass is 342 g/mol.